The Morgan fingerprint density at radius 1 is 1.35 bits per heavy atom. The van der Waals surface area contributed by atoms with Gasteiger partial charge in [0.1, 0.15) is 5.60 Å². The molecular formula is C19H32N2O2. The molecule has 1 N–H and O–H groups in total. The van der Waals surface area contributed by atoms with Crippen LogP contribution < -0.4 is 5.32 Å². The number of nitrogens with one attached hydrogen (secondary N) is 1. The van der Waals surface area contributed by atoms with Crippen LogP contribution in [-0.4, -0.2) is 42.3 Å². The second-order valence-electron chi connectivity index (χ2n) is 8.94. The van der Waals surface area contributed by atoms with Gasteiger partial charge in [-0.25, -0.2) is 4.79 Å². The lowest BCUT2D eigenvalue weighted by atomic mass is 9.84. The van der Waals surface area contributed by atoms with Crippen molar-refractivity contribution in [2.45, 2.75) is 59.1 Å². The summed E-state index contributed by atoms with van der Waals surface area (Å²) in [6.45, 7) is 13.2. The Morgan fingerprint density at radius 3 is 2.57 bits per heavy atom. The molecule has 0 aromatic rings. The Hall–Kier alpha value is -1.03. The fourth-order valence-corrected chi connectivity index (χ4v) is 4.45. The highest BCUT2D eigenvalue weighted by molar-refractivity contribution is 5.69. The van der Waals surface area contributed by atoms with Crippen LogP contribution in [-0.2, 0) is 4.74 Å². The fraction of sp³-hybridized carbons (Fsp3) is 0.842. The van der Waals surface area contributed by atoms with Crippen molar-refractivity contribution in [3.63, 3.8) is 0 Å². The lowest BCUT2D eigenvalue weighted by molar-refractivity contribution is 0.0269. The monoisotopic (exact) mass is 320 g/mol. The SMILES string of the molecule is CC1=CC(C)CC(CNC2C3CN(C(=O)OC(C)(C)C)CC32)C1. The summed E-state index contributed by atoms with van der Waals surface area (Å²) < 4.78 is 5.46. The van der Waals surface area contributed by atoms with Crippen molar-refractivity contribution < 1.29 is 9.53 Å². The molecule has 4 atom stereocenters. The van der Waals surface area contributed by atoms with Crippen LogP contribution in [0.3, 0.4) is 0 Å². The predicted octanol–water partition coefficient (Wildman–Crippen LogP) is 3.43. The molecule has 0 spiro atoms. The fourth-order valence-electron chi connectivity index (χ4n) is 4.45. The molecule has 1 amide bonds. The third-order valence-corrected chi connectivity index (χ3v) is 5.37. The molecule has 4 unspecified atom stereocenters. The number of ether oxygens (including phenoxy) is 1. The van der Waals surface area contributed by atoms with Gasteiger partial charge in [-0.3, -0.25) is 0 Å². The highest BCUT2D eigenvalue weighted by Gasteiger charge is 2.57. The lowest BCUT2D eigenvalue weighted by Gasteiger charge is -2.27. The van der Waals surface area contributed by atoms with Gasteiger partial charge < -0.3 is 15.0 Å². The molecule has 2 aliphatic carbocycles. The number of carbonyl (C=O) groups is 1. The van der Waals surface area contributed by atoms with Crippen LogP contribution in [0.1, 0.15) is 47.5 Å². The normalized spacial score (nSPS) is 36.5. The standard InChI is InChI=1S/C19H32N2O2/c1-12-6-13(2)8-14(7-12)9-20-17-15-10-21(11-16(15)17)18(22)23-19(3,4)5/h6,12,14-17,20H,7-11H2,1-5H3. The summed E-state index contributed by atoms with van der Waals surface area (Å²) in [5.74, 6) is 2.77. The molecule has 23 heavy (non-hydrogen) atoms. The average molecular weight is 320 g/mol. The number of piperidine rings is 1. The zero-order valence-electron chi connectivity index (χ0n) is 15.3. The molecule has 1 aliphatic heterocycles. The number of fused-ring (bicyclic) bond motifs is 1. The summed E-state index contributed by atoms with van der Waals surface area (Å²) in [5, 5.41) is 3.77. The summed E-state index contributed by atoms with van der Waals surface area (Å²) in [6.07, 6.45) is 4.81. The molecule has 0 aromatic carbocycles. The minimum atomic E-state index is -0.398. The van der Waals surface area contributed by atoms with Gasteiger partial charge in [0.2, 0.25) is 0 Å². The van der Waals surface area contributed by atoms with Crippen LogP contribution in [0.15, 0.2) is 11.6 Å². The van der Waals surface area contributed by atoms with Crippen LogP contribution in [0, 0.1) is 23.7 Å². The molecule has 3 rings (SSSR count). The Balaban J connectivity index is 1.39. The van der Waals surface area contributed by atoms with E-state index in [2.05, 4.69) is 25.2 Å². The topological polar surface area (TPSA) is 41.6 Å². The van der Waals surface area contributed by atoms with E-state index in [4.69, 9.17) is 4.74 Å². The molecule has 0 radical (unpaired) electrons. The average Bonchev–Trinajstić information content (AvgIpc) is 2.85. The maximum Gasteiger partial charge on any atom is 0.410 e. The first-order valence-electron chi connectivity index (χ1n) is 9.11. The van der Waals surface area contributed by atoms with Gasteiger partial charge in [-0.15, -0.1) is 0 Å². The number of allylic oxidation sites excluding steroid dienone is 2. The second-order valence-corrected chi connectivity index (χ2v) is 8.94. The number of likely N-dealkylation sites (tertiary alicyclic amines) is 1. The molecule has 4 heteroatoms. The van der Waals surface area contributed by atoms with Gasteiger partial charge >= 0.3 is 6.09 Å². The van der Waals surface area contributed by atoms with Gasteiger partial charge in [0.05, 0.1) is 0 Å². The Labute approximate surface area is 140 Å². The van der Waals surface area contributed by atoms with Crippen molar-refractivity contribution in [2.75, 3.05) is 19.6 Å². The number of hydrogen-bond donors (Lipinski definition) is 1. The number of amides is 1. The maximum atomic E-state index is 12.1. The van der Waals surface area contributed by atoms with E-state index in [1.165, 1.54) is 12.8 Å². The zero-order valence-corrected chi connectivity index (χ0v) is 15.3. The first kappa shape index (κ1) is 16.8. The van der Waals surface area contributed by atoms with Gasteiger partial charge in [0.15, 0.2) is 0 Å². The van der Waals surface area contributed by atoms with Crippen LogP contribution in [0.2, 0.25) is 0 Å². The van der Waals surface area contributed by atoms with Gasteiger partial charge in [-0.1, -0.05) is 18.6 Å². The quantitative estimate of drug-likeness (QED) is 0.810. The summed E-state index contributed by atoms with van der Waals surface area (Å²) in [7, 11) is 0. The maximum absolute atomic E-state index is 12.1. The van der Waals surface area contributed by atoms with E-state index in [1.54, 1.807) is 5.57 Å². The van der Waals surface area contributed by atoms with Crippen molar-refractivity contribution in [1.29, 1.82) is 0 Å². The van der Waals surface area contributed by atoms with E-state index in [1.807, 2.05) is 25.7 Å². The molecule has 1 heterocycles. The summed E-state index contributed by atoms with van der Waals surface area (Å²) in [5.41, 5.74) is 1.15. The Kier molecular flexibility index (Phi) is 4.47. The molecule has 1 saturated heterocycles. The third-order valence-electron chi connectivity index (χ3n) is 5.37. The minimum Gasteiger partial charge on any atom is -0.444 e. The van der Waals surface area contributed by atoms with Gasteiger partial charge in [-0.2, -0.15) is 0 Å². The Bertz CT molecular complexity index is 482. The second kappa shape index (κ2) is 6.12. The van der Waals surface area contributed by atoms with Gasteiger partial charge in [0.25, 0.3) is 0 Å². The van der Waals surface area contributed by atoms with E-state index in [9.17, 15) is 4.79 Å². The van der Waals surface area contributed by atoms with Crippen molar-refractivity contribution >= 4 is 6.09 Å². The summed E-state index contributed by atoms with van der Waals surface area (Å²) >= 11 is 0. The summed E-state index contributed by atoms with van der Waals surface area (Å²) in [6, 6.07) is 0.621. The van der Waals surface area contributed by atoms with Crippen molar-refractivity contribution in [2.24, 2.45) is 23.7 Å². The molecule has 3 aliphatic rings. The van der Waals surface area contributed by atoms with E-state index in [0.717, 1.165) is 31.5 Å². The largest absolute Gasteiger partial charge is 0.444 e. The van der Waals surface area contributed by atoms with Crippen LogP contribution in [0.4, 0.5) is 4.79 Å². The minimum absolute atomic E-state index is 0.148. The number of rotatable bonds is 3. The van der Waals surface area contributed by atoms with Crippen LogP contribution in [0.25, 0.3) is 0 Å². The van der Waals surface area contributed by atoms with Crippen molar-refractivity contribution in [3.8, 4) is 0 Å². The highest BCUT2D eigenvalue weighted by Crippen LogP contribution is 2.46. The first-order valence-corrected chi connectivity index (χ1v) is 9.11. The van der Waals surface area contributed by atoms with Crippen LogP contribution in [0.5, 0.6) is 0 Å². The number of carbonyl (C=O) groups excluding carboxylic acids is 1. The van der Waals surface area contributed by atoms with Gasteiger partial charge in [-0.05, 0) is 70.8 Å². The Morgan fingerprint density at radius 2 is 2.00 bits per heavy atom. The molecular weight excluding hydrogens is 288 g/mol. The molecule has 2 fully saturated rings. The third kappa shape index (κ3) is 4.09. The first-order chi connectivity index (χ1) is 10.7. The molecule has 4 nitrogen and oxygen atoms in total. The van der Waals surface area contributed by atoms with Gasteiger partial charge in [0, 0.05) is 19.1 Å². The lowest BCUT2D eigenvalue weighted by Crippen LogP contribution is -2.40. The number of hydrogen-bond acceptors (Lipinski definition) is 3. The number of nitrogens with zero attached hydrogens (tertiary/aromatic N) is 1. The molecule has 130 valence electrons. The van der Waals surface area contributed by atoms with E-state index < -0.39 is 5.60 Å². The van der Waals surface area contributed by atoms with Crippen molar-refractivity contribution in [1.82, 2.24) is 10.2 Å². The van der Waals surface area contributed by atoms with Crippen LogP contribution >= 0.6 is 0 Å². The van der Waals surface area contributed by atoms with E-state index >= 15 is 0 Å². The van der Waals surface area contributed by atoms with E-state index in [0.29, 0.717) is 17.9 Å². The molecule has 1 saturated carbocycles. The zero-order chi connectivity index (χ0) is 16.8. The molecule has 0 bridgehead atoms. The highest BCUT2D eigenvalue weighted by atomic mass is 16.6. The van der Waals surface area contributed by atoms with Crippen molar-refractivity contribution in [3.05, 3.63) is 11.6 Å². The van der Waals surface area contributed by atoms with E-state index in [-0.39, 0.29) is 6.09 Å². The summed E-state index contributed by atoms with van der Waals surface area (Å²) in [4.78, 5) is 14.0. The molecule has 0 aromatic heterocycles. The predicted molar refractivity (Wildman–Crippen MR) is 92.2 cm³/mol. The smallest absolute Gasteiger partial charge is 0.410 e.